The molecule has 1 aliphatic carbocycles. The Morgan fingerprint density at radius 1 is 1.50 bits per heavy atom. The second-order valence-corrected chi connectivity index (χ2v) is 5.07. The molecule has 1 aromatic carbocycles. The van der Waals surface area contributed by atoms with E-state index in [4.69, 9.17) is 5.73 Å². The lowest BCUT2D eigenvalue weighted by atomic mass is 9.85. The van der Waals surface area contributed by atoms with E-state index in [1.807, 2.05) is 12.1 Å². The predicted octanol–water partition coefficient (Wildman–Crippen LogP) is 1.68. The van der Waals surface area contributed by atoms with Gasteiger partial charge in [-0.25, -0.2) is 9.79 Å². The number of aliphatic imine (C=N–C) groups is 1. The van der Waals surface area contributed by atoms with Crippen LogP contribution in [0.25, 0.3) is 0 Å². The van der Waals surface area contributed by atoms with Crippen LogP contribution in [0.5, 0.6) is 0 Å². The van der Waals surface area contributed by atoms with Gasteiger partial charge in [0.05, 0.1) is 19.2 Å². The van der Waals surface area contributed by atoms with Gasteiger partial charge in [-0.2, -0.15) is 0 Å². The highest BCUT2D eigenvalue weighted by molar-refractivity contribution is 5.89. The van der Waals surface area contributed by atoms with Gasteiger partial charge in [0.25, 0.3) is 0 Å². The van der Waals surface area contributed by atoms with E-state index in [-0.39, 0.29) is 5.97 Å². The lowest BCUT2D eigenvalue weighted by molar-refractivity contribution is 0.0600. The summed E-state index contributed by atoms with van der Waals surface area (Å²) < 4.78 is 4.69. The first-order valence-corrected chi connectivity index (χ1v) is 6.90. The Bertz CT molecular complexity index is 496. The fourth-order valence-corrected chi connectivity index (χ4v) is 2.09. The van der Waals surface area contributed by atoms with Crippen molar-refractivity contribution in [1.29, 1.82) is 0 Å². The molecule has 5 nitrogen and oxygen atoms in total. The predicted molar refractivity (Wildman–Crippen MR) is 78.5 cm³/mol. The van der Waals surface area contributed by atoms with E-state index in [1.54, 1.807) is 12.1 Å². The van der Waals surface area contributed by atoms with Gasteiger partial charge in [0.15, 0.2) is 5.96 Å². The number of nitrogens with zero attached hydrogens (tertiary/aromatic N) is 1. The molecule has 3 N–H and O–H groups in total. The van der Waals surface area contributed by atoms with Crippen LogP contribution in [0.15, 0.2) is 29.3 Å². The molecule has 108 valence electrons. The molecule has 1 fully saturated rings. The third kappa shape index (κ3) is 3.98. The Labute approximate surface area is 119 Å². The number of guanidine groups is 1. The van der Waals surface area contributed by atoms with Crippen molar-refractivity contribution < 1.29 is 9.53 Å². The molecule has 0 amide bonds. The number of carbonyl (C=O) groups is 1. The fraction of sp³-hybridized carbons (Fsp3) is 0.467. The first-order valence-electron chi connectivity index (χ1n) is 6.90. The summed E-state index contributed by atoms with van der Waals surface area (Å²) in [7, 11) is 1.37. The van der Waals surface area contributed by atoms with Gasteiger partial charge in [0.2, 0.25) is 0 Å². The largest absolute Gasteiger partial charge is 0.465 e. The summed E-state index contributed by atoms with van der Waals surface area (Å²) in [6.07, 6.45) is 3.88. The molecule has 5 heteroatoms. The van der Waals surface area contributed by atoms with Crippen LogP contribution in [0, 0.1) is 5.92 Å². The lowest BCUT2D eigenvalue weighted by Crippen LogP contribution is -2.37. The molecule has 0 aromatic heterocycles. The van der Waals surface area contributed by atoms with E-state index < -0.39 is 0 Å². The number of hydrogen-bond donors (Lipinski definition) is 2. The minimum absolute atomic E-state index is 0.341. The van der Waals surface area contributed by atoms with Crippen LogP contribution < -0.4 is 11.1 Å². The van der Waals surface area contributed by atoms with Gasteiger partial charge in [-0.15, -0.1) is 0 Å². The Morgan fingerprint density at radius 3 is 2.95 bits per heavy atom. The van der Waals surface area contributed by atoms with E-state index in [2.05, 4.69) is 15.0 Å². The van der Waals surface area contributed by atoms with Crippen LogP contribution in [0.3, 0.4) is 0 Å². The number of esters is 1. The van der Waals surface area contributed by atoms with Crippen molar-refractivity contribution in [3.8, 4) is 0 Å². The van der Waals surface area contributed by atoms with E-state index in [0.29, 0.717) is 18.1 Å². The minimum Gasteiger partial charge on any atom is -0.465 e. The topological polar surface area (TPSA) is 76.7 Å². The monoisotopic (exact) mass is 275 g/mol. The molecule has 0 bridgehead atoms. The second-order valence-electron chi connectivity index (χ2n) is 5.07. The van der Waals surface area contributed by atoms with E-state index >= 15 is 0 Å². The number of nitrogens with two attached hydrogens (primary N) is 1. The zero-order valence-corrected chi connectivity index (χ0v) is 11.8. The van der Waals surface area contributed by atoms with Crippen LogP contribution in [0.1, 0.15) is 35.2 Å². The summed E-state index contributed by atoms with van der Waals surface area (Å²) in [6, 6.07) is 7.22. The normalized spacial score (nSPS) is 15.6. The molecular weight excluding hydrogens is 254 g/mol. The van der Waals surface area contributed by atoms with Gasteiger partial charge in [0.1, 0.15) is 0 Å². The van der Waals surface area contributed by atoms with Crippen LogP contribution in [-0.4, -0.2) is 25.6 Å². The summed E-state index contributed by atoms with van der Waals surface area (Å²) in [6.45, 7) is 1.35. The molecule has 1 saturated carbocycles. The first kappa shape index (κ1) is 14.4. The summed E-state index contributed by atoms with van der Waals surface area (Å²) in [5.74, 6) is 0.860. The fourth-order valence-electron chi connectivity index (χ4n) is 2.09. The van der Waals surface area contributed by atoms with Crippen LogP contribution in [0.2, 0.25) is 0 Å². The van der Waals surface area contributed by atoms with Crippen LogP contribution >= 0.6 is 0 Å². The smallest absolute Gasteiger partial charge is 0.337 e. The van der Waals surface area contributed by atoms with Crippen LogP contribution in [-0.2, 0) is 11.3 Å². The number of carbonyl (C=O) groups excluding carboxylic acids is 1. The molecule has 0 unspecified atom stereocenters. The molecule has 1 aromatic rings. The van der Waals surface area contributed by atoms with Crippen molar-refractivity contribution in [3.05, 3.63) is 35.4 Å². The zero-order valence-electron chi connectivity index (χ0n) is 11.8. The maximum atomic E-state index is 11.4. The highest BCUT2D eigenvalue weighted by atomic mass is 16.5. The van der Waals surface area contributed by atoms with Crippen molar-refractivity contribution in [2.75, 3.05) is 13.7 Å². The summed E-state index contributed by atoms with van der Waals surface area (Å²) >= 11 is 0. The third-order valence-corrected chi connectivity index (χ3v) is 3.58. The minimum atomic E-state index is -0.341. The van der Waals surface area contributed by atoms with Gasteiger partial charge >= 0.3 is 5.97 Å². The molecule has 0 aliphatic heterocycles. The SMILES string of the molecule is COC(=O)c1cccc(CN=C(N)NCC2CCC2)c1. The average Bonchev–Trinajstić information content (AvgIpc) is 2.43. The van der Waals surface area contributed by atoms with E-state index in [1.165, 1.54) is 26.4 Å². The highest BCUT2D eigenvalue weighted by Crippen LogP contribution is 2.24. The Morgan fingerprint density at radius 2 is 2.30 bits per heavy atom. The van der Waals surface area contributed by atoms with Crippen molar-refractivity contribution in [2.45, 2.75) is 25.8 Å². The van der Waals surface area contributed by atoms with Crippen LogP contribution in [0.4, 0.5) is 0 Å². The van der Waals surface area contributed by atoms with Crippen molar-refractivity contribution in [2.24, 2.45) is 16.6 Å². The lowest BCUT2D eigenvalue weighted by Gasteiger charge is -2.25. The molecule has 0 radical (unpaired) electrons. The Balaban J connectivity index is 1.86. The number of ether oxygens (including phenoxy) is 1. The average molecular weight is 275 g/mol. The third-order valence-electron chi connectivity index (χ3n) is 3.58. The Hall–Kier alpha value is -2.04. The highest BCUT2D eigenvalue weighted by Gasteiger charge is 2.16. The van der Waals surface area contributed by atoms with E-state index in [0.717, 1.165) is 18.0 Å². The van der Waals surface area contributed by atoms with Crippen molar-refractivity contribution in [3.63, 3.8) is 0 Å². The standard InChI is InChI=1S/C15H21N3O2/c1-20-14(19)13-7-3-6-12(8-13)10-18-15(16)17-9-11-4-2-5-11/h3,6-8,11H,2,4-5,9-10H2,1H3,(H3,16,17,18). The maximum Gasteiger partial charge on any atom is 0.337 e. The molecule has 0 spiro atoms. The van der Waals surface area contributed by atoms with Gasteiger partial charge in [-0.05, 0) is 36.5 Å². The first-order chi connectivity index (χ1) is 9.69. The van der Waals surface area contributed by atoms with Gasteiger partial charge in [-0.3, -0.25) is 0 Å². The molecule has 20 heavy (non-hydrogen) atoms. The number of nitrogens with one attached hydrogen (secondary N) is 1. The zero-order chi connectivity index (χ0) is 14.4. The Kier molecular flexibility index (Phi) is 4.98. The number of benzene rings is 1. The molecule has 0 saturated heterocycles. The number of methoxy groups -OCH3 is 1. The van der Waals surface area contributed by atoms with Gasteiger partial charge in [-0.1, -0.05) is 18.6 Å². The number of hydrogen-bond acceptors (Lipinski definition) is 3. The second kappa shape index (κ2) is 6.93. The molecule has 1 aliphatic rings. The molecule has 2 rings (SSSR count). The maximum absolute atomic E-state index is 11.4. The summed E-state index contributed by atoms with van der Waals surface area (Å²) in [5.41, 5.74) is 7.28. The summed E-state index contributed by atoms with van der Waals surface area (Å²) in [4.78, 5) is 15.7. The quantitative estimate of drug-likeness (QED) is 0.487. The summed E-state index contributed by atoms with van der Waals surface area (Å²) in [5, 5.41) is 3.14. The number of rotatable bonds is 5. The van der Waals surface area contributed by atoms with Crippen molar-refractivity contribution in [1.82, 2.24) is 5.32 Å². The molecular formula is C15H21N3O2. The molecule has 0 atom stereocenters. The van der Waals surface area contributed by atoms with Crippen molar-refractivity contribution >= 4 is 11.9 Å². The van der Waals surface area contributed by atoms with E-state index in [9.17, 15) is 4.79 Å². The van der Waals surface area contributed by atoms with Gasteiger partial charge in [0, 0.05) is 6.54 Å². The molecule has 0 heterocycles. The van der Waals surface area contributed by atoms with Gasteiger partial charge < -0.3 is 15.8 Å².